The minimum Gasteiger partial charge on any atom is -0.394 e. The van der Waals surface area contributed by atoms with Gasteiger partial charge in [-0.05, 0) is 55.1 Å². The zero-order chi connectivity index (χ0) is 15.5. The third kappa shape index (κ3) is 3.11. The predicted octanol–water partition coefficient (Wildman–Crippen LogP) is 3.99. The number of aryl methyl sites for hydroxylation is 1. The molecule has 2 aliphatic rings. The smallest absolute Gasteiger partial charge is 0.129 e. The number of benzene rings is 2. The number of nitrogens with zero attached hydrogens (tertiary/aromatic N) is 2. The Balaban J connectivity index is 1.42. The van der Waals surface area contributed by atoms with Crippen molar-refractivity contribution < 1.29 is 4.84 Å². The predicted molar refractivity (Wildman–Crippen MR) is 95.0 cm³/mol. The van der Waals surface area contributed by atoms with Crippen molar-refractivity contribution in [1.82, 2.24) is 4.90 Å². The van der Waals surface area contributed by atoms with Crippen molar-refractivity contribution in [2.75, 3.05) is 26.2 Å². The molecule has 1 heterocycles. The van der Waals surface area contributed by atoms with Crippen LogP contribution in [0.1, 0.15) is 36.8 Å². The van der Waals surface area contributed by atoms with Crippen LogP contribution in [0, 0.1) is 0 Å². The second-order valence-corrected chi connectivity index (χ2v) is 6.59. The summed E-state index contributed by atoms with van der Waals surface area (Å²) >= 11 is 0. The fourth-order valence-corrected chi connectivity index (χ4v) is 3.83. The van der Waals surface area contributed by atoms with Gasteiger partial charge in [0, 0.05) is 12.1 Å². The second-order valence-electron chi connectivity index (χ2n) is 6.59. The van der Waals surface area contributed by atoms with E-state index in [4.69, 9.17) is 4.84 Å². The topological polar surface area (TPSA) is 24.8 Å². The Kier molecular flexibility index (Phi) is 4.29. The number of likely N-dealkylation sites (tertiary alicyclic amines) is 1. The van der Waals surface area contributed by atoms with E-state index in [-0.39, 0.29) is 0 Å². The average Bonchev–Trinajstić information content (AvgIpc) is 3.03. The fourth-order valence-electron chi connectivity index (χ4n) is 3.83. The van der Waals surface area contributed by atoms with Gasteiger partial charge in [-0.2, -0.15) is 0 Å². The van der Waals surface area contributed by atoms with E-state index in [1.54, 1.807) is 0 Å². The van der Waals surface area contributed by atoms with Crippen molar-refractivity contribution in [3.63, 3.8) is 0 Å². The van der Waals surface area contributed by atoms with E-state index in [0.717, 1.165) is 25.1 Å². The molecule has 0 radical (unpaired) electrons. The Hall–Kier alpha value is -1.87. The van der Waals surface area contributed by atoms with E-state index in [0.29, 0.717) is 6.61 Å². The SMILES string of the molecule is c1ccc2c3c(ccc2c1)/C(=N/OCCN1CCCCC1)CC3. The van der Waals surface area contributed by atoms with Crippen LogP contribution in [0.5, 0.6) is 0 Å². The van der Waals surface area contributed by atoms with Crippen LogP contribution >= 0.6 is 0 Å². The Morgan fingerprint density at radius 1 is 0.957 bits per heavy atom. The van der Waals surface area contributed by atoms with Crippen LogP contribution in [0.15, 0.2) is 41.6 Å². The molecule has 0 bridgehead atoms. The van der Waals surface area contributed by atoms with Gasteiger partial charge in [0.2, 0.25) is 0 Å². The van der Waals surface area contributed by atoms with Gasteiger partial charge < -0.3 is 4.84 Å². The quantitative estimate of drug-likeness (QED) is 0.630. The Bertz CT molecular complexity index is 717. The van der Waals surface area contributed by atoms with Crippen LogP contribution in [0.2, 0.25) is 0 Å². The minimum absolute atomic E-state index is 0.701. The maximum absolute atomic E-state index is 5.64. The van der Waals surface area contributed by atoms with Gasteiger partial charge in [0.05, 0.1) is 5.71 Å². The molecule has 0 N–H and O–H groups in total. The van der Waals surface area contributed by atoms with Crippen LogP contribution in [-0.4, -0.2) is 36.9 Å². The summed E-state index contributed by atoms with van der Waals surface area (Å²) in [7, 11) is 0. The Morgan fingerprint density at radius 2 is 1.83 bits per heavy atom. The molecule has 1 aliphatic carbocycles. The molecule has 1 aliphatic heterocycles. The molecular weight excluding hydrogens is 284 g/mol. The zero-order valence-corrected chi connectivity index (χ0v) is 13.6. The molecule has 0 spiro atoms. The first kappa shape index (κ1) is 14.7. The zero-order valence-electron chi connectivity index (χ0n) is 13.6. The first-order valence-electron chi connectivity index (χ1n) is 8.84. The molecule has 0 unspecified atom stereocenters. The first-order chi connectivity index (χ1) is 11.4. The summed E-state index contributed by atoms with van der Waals surface area (Å²) in [6.07, 6.45) is 6.10. The lowest BCUT2D eigenvalue weighted by atomic mass is 10.0. The van der Waals surface area contributed by atoms with Crippen LogP contribution in [0.4, 0.5) is 0 Å². The highest BCUT2D eigenvalue weighted by molar-refractivity contribution is 6.08. The average molecular weight is 308 g/mol. The maximum atomic E-state index is 5.64. The van der Waals surface area contributed by atoms with Gasteiger partial charge in [-0.1, -0.05) is 48.0 Å². The lowest BCUT2D eigenvalue weighted by Crippen LogP contribution is -2.32. The molecule has 1 saturated heterocycles. The number of fused-ring (bicyclic) bond motifs is 3. The highest BCUT2D eigenvalue weighted by Crippen LogP contribution is 2.30. The van der Waals surface area contributed by atoms with E-state index in [9.17, 15) is 0 Å². The van der Waals surface area contributed by atoms with Crippen LogP contribution in [0.3, 0.4) is 0 Å². The van der Waals surface area contributed by atoms with Gasteiger partial charge >= 0.3 is 0 Å². The summed E-state index contributed by atoms with van der Waals surface area (Å²) in [6.45, 7) is 4.14. The van der Waals surface area contributed by atoms with Crippen LogP contribution in [0.25, 0.3) is 10.8 Å². The molecule has 2 aromatic carbocycles. The van der Waals surface area contributed by atoms with Crippen molar-refractivity contribution >= 4 is 16.5 Å². The van der Waals surface area contributed by atoms with Crippen molar-refractivity contribution in [2.24, 2.45) is 5.16 Å². The highest BCUT2D eigenvalue weighted by atomic mass is 16.6. The van der Waals surface area contributed by atoms with E-state index >= 15 is 0 Å². The largest absolute Gasteiger partial charge is 0.394 e. The summed E-state index contributed by atoms with van der Waals surface area (Å²) in [5.74, 6) is 0. The third-order valence-corrected chi connectivity index (χ3v) is 5.09. The minimum atomic E-state index is 0.701. The summed E-state index contributed by atoms with van der Waals surface area (Å²) in [6, 6.07) is 13.0. The van der Waals surface area contributed by atoms with Crippen molar-refractivity contribution in [1.29, 1.82) is 0 Å². The number of hydrogen-bond acceptors (Lipinski definition) is 3. The molecule has 23 heavy (non-hydrogen) atoms. The molecule has 0 saturated carbocycles. The molecule has 0 atom stereocenters. The van der Waals surface area contributed by atoms with E-state index < -0.39 is 0 Å². The number of oxime groups is 1. The number of hydrogen-bond donors (Lipinski definition) is 0. The molecule has 4 rings (SSSR count). The summed E-state index contributed by atoms with van der Waals surface area (Å²) in [5, 5.41) is 7.13. The van der Waals surface area contributed by atoms with Crippen molar-refractivity contribution in [3.8, 4) is 0 Å². The summed E-state index contributed by atoms with van der Waals surface area (Å²) in [5.41, 5.74) is 3.83. The summed E-state index contributed by atoms with van der Waals surface area (Å²) in [4.78, 5) is 8.12. The van der Waals surface area contributed by atoms with Gasteiger partial charge in [0.1, 0.15) is 6.61 Å². The molecule has 0 aromatic heterocycles. The third-order valence-electron chi connectivity index (χ3n) is 5.09. The lowest BCUT2D eigenvalue weighted by molar-refractivity contribution is 0.102. The number of piperidine rings is 1. The normalized spacial score (nSPS) is 20.1. The van der Waals surface area contributed by atoms with Gasteiger partial charge in [-0.25, -0.2) is 0 Å². The molecular formula is C20H24N2O. The molecule has 3 heteroatoms. The summed E-state index contributed by atoms with van der Waals surface area (Å²) < 4.78 is 0. The second kappa shape index (κ2) is 6.71. The maximum Gasteiger partial charge on any atom is 0.129 e. The molecule has 0 amide bonds. The van der Waals surface area contributed by atoms with Crippen molar-refractivity contribution in [3.05, 3.63) is 47.5 Å². The fraction of sp³-hybridized carbons (Fsp3) is 0.450. The molecule has 1 fully saturated rings. The van der Waals surface area contributed by atoms with Gasteiger partial charge in [-0.15, -0.1) is 0 Å². The standard InChI is InChI=1S/C20H24N2O/c1-4-12-22(13-5-1)14-15-23-21-20-11-10-18-17-7-3-2-6-16(17)8-9-19(18)20/h2-3,6-9H,1,4-5,10-15H2/b21-20+. The Morgan fingerprint density at radius 3 is 2.74 bits per heavy atom. The molecule has 120 valence electrons. The van der Waals surface area contributed by atoms with E-state index in [2.05, 4.69) is 46.5 Å². The van der Waals surface area contributed by atoms with Crippen molar-refractivity contribution in [2.45, 2.75) is 32.1 Å². The highest BCUT2D eigenvalue weighted by Gasteiger charge is 2.20. The monoisotopic (exact) mass is 308 g/mol. The van der Waals surface area contributed by atoms with Crippen LogP contribution < -0.4 is 0 Å². The van der Waals surface area contributed by atoms with Gasteiger partial charge in [0.25, 0.3) is 0 Å². The van der Waals surface area contributed by atoms with Gasteiger partial charge in [0.15, 0.2) is 0 Å². The number of rotatable bonds is 4. The lowest BCUT2D eigenvalue weighted by Gasteiger charge is -2.25. The van der Waals surface area contributed by atoms with Gasteiger partial charge in [-0.3, -0.25) is 4.90 Å². The molecule has 3 nitrogen and oxygen atoms in total. The van der Waals surface area contributed by atoms with Crippen LogP contribution in [-0.2, 0) is 11.3 Å². The molecule has 2 aromatic rings. The Labute approximate surface area is 137 Å². The van der Waals surface area contributed by atoms with E-state index in [1.807, 2.05) is 0 Å². The first-order valence-corrected chi connectivity index (χ1v) is 8.84. The van der Waals surface area contributed by atoms with E-state index in [1.165, 1.54) is 54.3 Å².